The molecule has 3 rings (SSSR count). The fraction of sp³-hybridized carbons (Fsp3) is 0.333. The highest BCUT2D eigenvalue weighted by atomic mass is 16.5. The summed E-state index contributed by atoms with van der Waals surface area (Å²) in [5, 5.41) is 0. The first-order valence-corrected chi connectivity index (χ1v) is 10.0. The maximum Gasteiger partial charge on any atom is 0.259 e. The zero-order valence-corrected chi connectivity index (χ0v) is 17.1. The lowest BCUT2D eigenvalue weighted by molar-refractivity contribution is -0.130. The van der Waals surface area contributed by atoms with Crippen molar-refractivity contribution in [2.24, 2.45) is 0 Å². The normalized spacial score (nSPS) is 14.1. The predicted octanol–water partition coefficient (Wildman–Crippen LogP) is 4.04. The molecule has 1 fully saturated rings. The Bertz CT molecular complexity index is 866. The van der Waals surface area contributed by atoms with E-state index < -0.39 is 0 Å². The number of benzene rings is 2. The average molecular weight is 392 g/mol. The molecule has 1 aliphatic heterocycles. The Morgan fingerprint density at radius 2 is 1.76 bits per heavy atom. The first-order valence-electron chi connectivity index (χ1n) is 10.0. The molecule has 0 bridgehead atoms. The number of likely N-dealkylation sites (N-methyl/N-ethyl adjacent to an activating group) is 1. The molecule has 0 saturated carbocycles. The Labute approximate surface area is 172 Å². The number of carbonyl (C=O) groups is 2. The van der Waals surface area contributed by atoms with Gasteiger partial charge in [0.1, 0.15) is 5.75 Å². The van der Waals surface area contributed by atoms with Gasteiger partial charge in [-0.15, -0.1) is 0 Å². The summed E-state index contributed by atoms with van der Waals surface area (Å²) in [5.41, 5.74) is 2.76. The number of rotatable bonds is 7. The van der Waals surface area contributed by atoms with Gasteiger partial charge >= 0.3 is 0 Å². The van der Waals surface area contributed by atoms with Crippen LogP contribution in [0.1, 0.15) is 35.2 Å². The van der Waals surface area contributed by atoms with Crippen LogP contribution >= 0.6 is 0 Å². The highest BCUT2D eigenvalue weighted by Gasteiger charge is 2.10. The number of nitrogens with zero attached hydrogens (tertiary/aromatic N) is 2. The van der Waals surface area contributed by atoms with E-state index >= 15 is 0 Å². The van der Waals surface area contributed by atoms with Gasteiger partial charge in [-0.2, -0.15) is 0 Å². The molecule has 1 aliphatic rings. The van der Waals surface area contributed by atoms with E-state index in [1.54, 1.807) is 44.4 Å². The van der Waals surface area contributed by atoms with E-state index in [9.17, 15) is 9.59 Å². The highest BCUT2D eigenvalue weighted by molar-refractivity contribution is 6.07. The van der Waals surface area contributed by atoms with Crippen LogP contribution in [0.5, 0.6) is 5.75 Å². The molecular formula is C24H28N2O3. The lowest BCUT2D eigenvalue weighted by atomic mass is 10.1. The second-order valence-corrected chi connectivity index (χ2v) is 7.44. The predicted molar refractivity (Wildman–Crippen MR) is 117 cm³/mol. The Morgan fingerprint density at radius 3 is 2.45 bits per heavy atom. The van der Waals surface area contributed by atoms with Gasteiger partial charge in [0, 0.05) is 38.4 Å². The van der Waals surface area contributed by atoms with Crippen molar-refractivity contribution < 1.29 is 14.3 Å². The molecule has 0 atom stereocenters. The van der Waals surface area contributed by atoms with Crippen LogP contribution in [0.4, 0.5) is 5.69 Å². The summed E-state index contributed by atoms with van der Waals surface area (Å²) in [5.74, 6) is 0.273. The molecule has 5 heteroatoms. The van der Waals surface area contributed by atoms with Crippen LogP contribution in [-0.4, -0.2) is 50.4 Å². The maximum absolute atomic E-state index is 12.5. The third-order valence-corrected chi connectivity index (χ3v) is 5.02. The van der Waals surface area contributed by atoms with Crippen LogP contribution in [0.15, 0.2) is 54.6 Å². The van der Waals surface area contributed by atoms with E-state index in [1.807, 2.05) is 18.2 Å². The minimum Gasteiger partial charge on any atom is -0.484 e. The van der Waals surface area contributed by atoms with Gasteiger partial charge in [0.25, 0.3) is 5.91 Å². The van der Waals surface area contributed by atoms with Crippen LogP contribution in [-0.2, 0) is 4.79 Å². The summed E-state index contributed by atoms with van der Waals surface area (Å²) in [6.07, 6.45) is 7.22. The van der Waals surface area contributed by atoms with Crippen LogP contribution < -0.4 is 9.64 Å². The number of hydrogen-bond acceptors (Lipinski definition) is 4. The molecule has 0 spiro atoms. The zero-order valence-electron chi connectivity index (χ0n) is 17.1. The highest BCUT2D eigenvalue weighted by Crippen LogP contribution is 2.21. The topological polar surface area (TPSA) is 49.9 Å². The molecule has 1 heterocycles. The van der Waals surface area contributed by atoms with Crippen molar-refractivity contribution in [1.29, 1.82) is 0 Å². The number of ether oxygens (including phenoxy) is 1. The second kappa shape index (κ2) is 9.92. The van der Waals surface area contributed by atoms with Crippen LogP contribution in [0.3, 0.4) is 0 Å². The summed E-state index contributed by atoms with van der Waals surface area (Å²) in [7, 11) is 3.35. The van der Waals surface area contributed by atoms with Gasteiger partial charge in [0.15, 0.2) is 12.4 Å². The lowest BCUT2D eigenvalue weighted by Crippen LogP contribution is -2.29. The van der Waals surface area contributed by atoms with Gasteiger partial charge in [-0.1, -0.05) is 30.3 Å². The van der Waals surface area contributed by atoms with E-state index in [0.29, 0.717) is 11.3 Å². The van der Waals surface area contributed by atoms with E-state index in [4.69, 9.17) is 4.74 Å². The summed E-state index contributed by atoms with van der Waals surface area (Å²) in [4.78, 5) is 28.0. The third kappa shape index (κ3) is 5.95. The zero-order chi connectivity index (χ0) is 20.6. The molecule has 1 saturated heterocycles. The maximum atomic E-state index is 12.5. The third-order valence-electron chi connectivity index (χ3n) is 5.02. The minimum atomic E-state index is -0.130. The molecule has 29 heavy (non-hydrogen) atoms. The smallest absolute Gasteiger partial charge is 0.259 e. The van der Waals surface area contributed by atoms with Gasteiger partial charge in [-0.3, -0.25) is 9.59 Å². The summed E-state index contributed by atoms with van der Waals surface area (Å²) < 4.78 is 5.48. The van der Waals surface area contributed by atoms with Crippen molar-refractivity contribution in [3.63, 3.8) is 0 Å². The Kier molecular flexibility index (Phi) is 7.06. The minimum absolute atomic E-state index is 0.0517. The van der Waals surface area contributed by atoms with E-state index in [1.165, 1.54) is 29.8 Å². The lowest BCUT2D eigenvalue weighted by Gasteiger charge is -2.28. The van der Waals surface area contributed by atoms with Crippen LogP contribution in [0.2, 0.25) is 0 Å². The Hall–Kier alpha value is -3.08. The van der Waals surface area contributed by atoms with Crippen molar-refractivity contribution in [1.82, 2.24) is 4.90 Å². The van der Waals surface area contributed by atoms with Crippen molar-refractivity contribution in [3.05, 3.63) is 65.7 Å². The molecule has 0 aromatic heterocycles. The van der Waals surface area contributed by atoms with Gasteiger partial charge in [-0.05, 0) is 55.2 Å². The Balaban J connectivity index is 1.60. The molecule has 0 N–H and O–H groups in total. The van der Waals surface area contributed by atoms with E-state index in [-0.39, 0.29) is 18.3 Å². The first-order chi connectivity index (χ1) is 14.0. The second-order valence-electron chi connectivity index (χ2n) is 7.44. The molecular weight excluding hydrogens is 364 g/mol. The van der Waals surface area contributed by atoms with Gasteiger partial charge < -0.3 is 14.5 Å². The largest absolute Gasteiger partial charge is 0.484 e. The standard InChI is InChI=1S/C24H28N2O3/c1-25(2)24(28)18-29-22-8-6-7-20(17-22)23(27)14-11-19-9-12-21(13-10-19)26-15-4-3-5-16-26/h6-14,17H,3-5,15-16,18H2,1-2H3. The van der Waals surface area contributed by atoms with Crippen molar-refractivity contribution >= 4 is 23.5 Å². The van der Waals surface area contributed by atoms with Crippen molar-refractivity contribution in [2.45, 2.75) is 19.3 Å². The summed E-state index contributed by atoms with van der Waals surface area (Å²) in [6.45, 7) is 2.18. The quantitative estimate of drug-likeness (QED) is 0.527. The van der Waals surface area contributed by atoms with Crippen LogP contribution in [0.25, 0.3) is 6.08 Å². The summed E-state index contributed by atoms with van der Waals surface area (Å²) in [6, 6.07) is 15.2. The number of amides is 1. The molecule has 1 amide bonds. The van der Waals surface area contributed by atoms with Crippen molar-refractivity contribution in [2.75, 3.05) is 38.7 Å². The molecule has 2 aromatic rings. The molecule has 0 aliphatic carbocycles. The van der Waals surface area contributed by atoms with E-state index in [2.05, 4.69) is 17.0 Å². The SMILES string of the molecule is CN(C)C(=O)COc1cccc(C(=O)C=Cc2ccc(N3CCCCC3)cc2)c1. The molecule has 152 valence electrons. The first kappa shape index (κ1) is 20.6. The number of hydrogen-bond donors (Lipinski definition) is 0. The van der Waals surface area contributed by atoms with Crippen LogP contribution in [0, 0.1) is 0 Å². The van der Waals surface area contributed by atoms with Crippen molar-refractivity contribution in [3.8, 4) is 5.75 Å². The average Bonchev–Trinajstić information content (AvgIpc) is 2.77. The van der Waals surface area contributed by atoms with Gasteiger partial charge in [0.05, 0.1) is 0 Å². The fourth-order valence-corrected chi connectivity index (χ4v) is 3.23. The summed E-state index contributed by atoms with van der Waals surface area (Å²) >= 11 is 0. The molecule has 2 aromatic carbocycles. The van der Waals surface area contributed by atoms with E-state index in [0.717, 1.165) is 18.7 Å². The molecule has 5 nitrogen and oxygen atoms in total. The monoisotopic (exact) mass is 392 g/mol. The molecule has 0 unspecified atom stereocenters. The fourth-order valence-electron chi connectivity index (χ4n) is 3.23. The molecule has 0 radical (unpaired) electrons. The number of allylic oxidation sites excluding steroid dienone is 1. The number of piperidine rings is 1. The Morgan fingerprint density at radius 1 is 1.03 bits per heavy atom. The van der Waals surface area contributed by atoms with Gasteiger partial charge in [0.2, 0.25) is 0 Å². The number of anilines is 1. The van der Waals surface area contributed by atoms with Gasteiger partial charge in [-0.25, -0.2) is 0 Å². The number of ketones is 1. The number of carbonyl (C=O) groups excluding carboxylic acids is 2.